The minimum Gasteiger partial charge on any atom is -0.393 e. The Morgan fingerprint density at radius 1 is 1.29 bits per heavy atom. The number of anilines is 2. The number of aryl methyl sites for hydroxylation is 1. The largest absolute Gasteiger partial charge is 0.393 e. The molecule has 2 aromatic rings. The van der Waals surface area contributed by atoms with E-state index in [-0.39, 0.29) is 22.8 Å². The zero-order valence-electron chi connectivity index (χ0n) is 12.4. The Morgan fingerprint density at radius 3 is 2.48 bits per heavy atom. The standard InChI is InChI=1S/C11H18ClN9/c1-11(2,3)10-15-8(12)7(13)9(16-10)21(14)5-6-17-18-19-20(6)4/h5,13-14H2,1-4H3. The summed E-state index contributed by atoms with van der Waals surface area (Å²) in [5, 5.41) is 12.7. The van der Waals surface area contributed by atoms with Crippen molar-refractivity contribution in [3.63, 3.8) is 0 Å². The number of nitrogens with zero attached hydrogens (tertiary/aromatic N) is 7. The Hall–Kier alpha value is -2.00. The van der Waals surface area contributed by atoms with E-state index in [1.807, 2.05) is 20.8 Å². The Kier molecular flexibility index (Phi) is 3.97. The summed E-state index contributed by atoms with van der Waals surface area (Å²) in [5.41, 5.74) is 5.87. The summed E-state index contributed by atoms with van der Waals surface area (Å²) in [7, 11) is 1.72. The van der Waals surface area contributed by atoms with Gasteiger partial charge in [-0.1, -0.05) is 32.4 Å². The fraction of sp³-hybridized carbons (Fsp3) is 0.545. The maximum atomic E-state index is 6.08. The molecule has 114 valence electrons. The molecule has 0 aromatic carbocycles. The first-order chi connectivity index (χ1) is 9.70. The fourth-order valence-electron chi connectivity index (χ4n) is 1.59. The first-order valence-corrected chi connectivity index (χ1v) is 6.65. The lowest BCUT2D eigenvalue weighted by Crippen LogP contribution is -2.34. The van der Waals surface area contributed by atoms with Crippen LogP contribution in [0.3, 0.4) is 0 Å². The highest BCUT2D eigenvalue weighted by Crippen LogP contribution is 2.30. The predicted molar refractivity (Wildman–Crippen MR) is 79.3 cm³/mol. The zero-order valence-corrected chi connectivity index (χ0v) is 13.1. The lowest BCUT2D eigenvalue weighted by molar-refractivity contribution is 0.543. The number of hydrogen-bond donors (Lipinski definition) is 2. The maximum Gasteiger partial charge on any atom is 0.172 e. The van der Waals surface area contributed by atoms with Gasteiger partial charge in [0.25, 0.3) is 0 Å². The number of rotatable bonds is 3. The summed E-state index contributed by atoms with van der Waals surface area (Å²) in [6.07, 6.45) is 0. The summed E-state index contributed by atoms with van der Waals surface area (Å²) in [6, 6.07) is 0. The number of nitrogens with two attached hydrogens (primary N) is 2. The van der Waals surface area contributed by atoms with E-state index < -0.39 is 0 Å². The molecular formula is C11H18ClN9. The van der Waals surface area contributed by atoms with Crippen molar-refractivity contribution in [3.05, 3.63) is 16.8 Å². The van der Waals surface area contributed by atoms with Gasteiger partial charge in [-0.25, -0.2) is 20.5 Å². The lowest BCUT2D eigenvalue weighted by atomic mass is 9.96. The quantitative estimate of drug-likeness (QED) is 0.474. The van der Waals surface area contributed by atoms with Crippen molar-refractivity contribution in [2.24, 2.45) is 12.9 Å². The Labute approximate surface area is 127 Å². The molecule has 0 spiro atoms. The third kappa shape index (κ3) is 3.19. The molecule has 4 N–H and O–H groups in total. The van der Waals surface area contributed by atoms with Crippen molar-refractivity contribution in [1.29, 1.82) is 0 Å². The maximum absolute atomic E-state index is 6.08. The number of hydrogen-bond acceptors (Lipinski definition) is 8. The summed E-state index contributed by atoms with van der Waals surface area (Å²) < 4.78 is 1.52. The van der Waals surface area contributed by atoms with Gasteiger partial charge in [0.2, 0.25) is 0 Å². The Morgan fingerprint density at radius 2 is 1.95 bits per heavy atom. The number of nitrogen functional groups attached to an aromatic ring is 1. The van der Waals surface area contributed by atoms with Gasteiger partial charge in [0.1, 0.15) is 11.5 Å². The van der Waals surface area contributed by atoms with Gasteiger partial charge in [0.05, 0.1) is 6.54 Å². The van der Waals surface area contributed by atoms with E-state index >= 15 is 0 Å². The Balaban J connectivity index is 2.38. The van der Waals surface area contributed by atoms with Crippen molar-refractivity contribution < 1.29 is 0 Å². The van der Waals surface area contributed by atoms with Crippen LogP contribution in [0.1, 0.15) is 32.4 Å². The molecule has 0 aliphatic heterocycles. The van der Waals surface area contributed by atoms with Crippen LogP contribution in [0.2, 0.25) is 5.15 Å². The van der Waals surface area contributed by atoms with Gasteiger partial charge < -0.3 is 5.73 Å². The topological polar surface area (TPSA) is 125 Å². The van der Waals surface area contributed by atoms with Gasteiger partial charge in [0.15, 0.2) is 16.8 Å². The summed E-state index contributed by atoms with van der Waals surface area (Å²) in [6.45, 7) is 6.18. The molecule has 2 rings (SSSR count). The monoisotopic (exact) mass is 311 g/mol. The van der Waals surface area contributed by atoms with E-state index in [2.05, 4.69) is 25.5 Å². The van der Waals surface area contributed by atoms with Gasteiger partial charge in [-0.3, -0.25) is 5.01 Å². The molecule has 0 aliphatic rings. The van der Waals surface area contributed by atoms with Crippen LogP contribution < -0.4 is 16.6 Å². The number of halogens is 1. The van der Waals surface area contributed by atoms with Crippen LogP contribution in [0.5, 0.6) is 0 Å². The first kappa shape index (κ1) is 15.4. The van der Waals surface area contributed by atoms with E-state index in [4.69, 9.17) is 23.2 Å². The number of aromatic nitrogens is 6. The van der Waals surface area contributed by atoms with Crippen LogP contribution in [0.25, 0.3) is 0 Å². The van der Waals surface area contributed by atoms with E-state index in [1.54, 1.807) is 7.05 Å². The second-order valence-electron chi connectivity index (χ2n) is 5.67. The van der Waals surface area contributed by atoms with Crippen LogP contribution in [0.15, 0.2) is 0 Å². The minimum absolute atomic E-state index is 0.177. The zero-order chi connectivity index (χ0) is 15.8. The average Bonchev–Trinajstić information content (AvgIpc) is 2.76. The molecular weight excluding hydrogens is 294 g/mol. The van der Waals surface area contributed by atoms with E-state index in [1.165, 1.54) is 9.69 Å². The molecule has 2 heterocycles. The second kappa shape index (κ2) is 5.41. The van der Waals surface area contributed by atoms with Crippen molar-refractivity contribution in [2.45, 2.75) is 32.7 Å². The molecule has 0 bridgehead atoms. The first-order valence-electron chi connectivity index (χ1n) is 6.27. The smallest absolute Gasteiger partial charge is 0.172 e. The highest BCUT2D eigenvalue weighted by Gasteiger charge is 2.23. The molecule has 0 fully saturated rings. The predicted octanol–water partition coefficient (Wildman–Crippen LogP) is 0.413. The van der Waals surface area contributed by atoms with Crippen LogP contribution in [0, 0.1) is 0 Å². The molecule has 0 atom stereocenters. The molecule has 0 aliphatic carbocycles. The van der Waals surface area contributed by atoms with Crippen LogP contribution in [-0.2, 0) is 19.0 Å². The van der Waals surface area contributed by atoms with Crippen LogP contribution >= 0.6 is 11.6 Å². The van der Waals surface area contributed by atoms with E-state index in [0.717, 1.165) is 0 Å². The van der Waals surface area contributed by atoms with Crippen molar-refractivity contribution in [2.75, 3.05) is 10.7 Å². The lowest BCUT2D eigenvalue weighted by Gasteiger charge is -2.23. The van der Waals surface area contributed by atoms with Crippen LogP contribution in [0.4, 0.5) is 11.5 Å². The minimum atomic E-state index is -0.279. The third-order valence-electron chi connectivity index (χ3n) is 2.84. The SMILES string of the molecule is Cn1nnnc1CN(N)c1nc(C(C)(C)C)nc(Cl)c1N. The summed E-state index contributed by atoms with van der Waals surface area (Å²) >= 11 is 6.08. The average molecular weight is 312 g/mol. The third-order valence-corrected chi connectivity index (χ3v) is 3.13. The fourth-order valence-corrected chi connectivity index (χ4v) is 1.76. The molecule has 2 aromatic heterocycles. The van der Waals surface area contributed by atoms with Crippen molar-refractivity contribution in [3.8, 4) is 0 Å². The summed E-state index contributed by atoms with van der Waals surface area (Å²) in [5.74, 6) is 7.51. The van der Waals surface area contributed by atoms with Gasteiger partial charge in [0, 0.05) is 12.5 Å². The van der Waals surface area contributed by atoms with Gasteiger partial charge in [-0.05, 0) is 10.4 Å². The molecule has 0 unspecified atom stereocenters. The highest BCUT2D eigenvalue weighted by molar-refractivity contribution is 6.32. The van der Waals surface area contributed by atoms with Gasteiger partial charge >= 0.3 is 0 Å². The molecule has 0 saturated heterocycles. The molecule has 0 radical (unpaired) electrons. The normalized spacial score (nSPS) is 11.7. The Bertz CT molecular complexity index is 646. The van der Waals surface area contributed by atoms with Crippen molar-refractivity contribution in [1.82, 2.24) is 30.2 Å². The highest BCUT2D eigenvalue weighted by atomic mass is 35.5. The number of tetrazole rings is 1. The molecule has 21 heavy (non-hydrogen) atoms. The number of hydrazine groups is 1. The van der Waals surface area contributed by atoms with E-state index in [9.17, 15) is 0 Å². The van der Waals surface area contributed by atoms with Crippen LogP contribution in [-0.4, -0.2) is 30.2 Å². The van der Waals surface area contributed by atoms with Crippen molar-refractivity contribution >= 4 is 23.1 Å². The summed E-state index contributed by atoms with van der Waals surface area (Å²) in [4.78, 5) is 8.62. The molecule has 0 saturated carbocycles. The van der Waals surface area contributed by atoms with Gasteiger partial charge in [-0.15, -0.1) is 5.10 Å². The molecule has 9 nitrogen and oxygen atoms in total. The van der Waals surface area contributed by atoms with E-state index in [0.29, 0.717) is 17.5 Å². The second-order valence-corrected chi connectivity index (χ2v) is 6.03. The van der Waals surface area contributed by atoms with Gasteiger partial charge in [-0.2, -0.15) is 0 Å². The molecule has 10 heteroatoms. The molecule has 0 amide bonds.